The minimum Gasteiger partial charge on any atom is -0.463 e. The number of esters is 1. The predicted octanol–water partition coefficient (Wildman–Crippen LogP) is 1.14. The second-order valence-electron chi connectivity index (χ2n) is 3.09. The van der Waals surface area contributed by atoms with E-state index >= 15 is 0 Å². The molecule has 0 fully saturated rings. The van der Waals surface area contributed by atoms with Crippen LogP contribution in [-0.2, 0) is 17.6 Å². The highest BCUT2D eigenvalue weighted by molar-refractivity contribution is 5.93. The van der Waals surface area contributed by atoms with Gasteiger partial charge in [0, 0.05) is 12.0 Å². The molecule has 0 aromatic carbocycles. The largest absolute Gasteiger partial charge is 0.463 e. The molecule has 70 valence electrons. The number of hydrogen-bond donors (Lipinski definition) is 1. The van der Waals surface area contributed by atoms with Crippen molar-refractivity contribution < 1.29 is 13.9 Å². The van der Waals surface area contributed by atoms with Crippen LogP contribution in [0.15, 0.2) is 4.42 Å². The summed E-state index contributed by atoms with van der Waals surface area (Å²) in [6, 6.07) is 0. The average molecular weight is 181 g/mol. The lowest BCUT2D eigenvalue weighted by molar-refractivity contribution is 0.0564. The monoisotopic (exact) mass is 181 g/mol. The summed E-state index contributed by atoms with van der Waals surface area (Å²) in [4.78, 5) is 11.1. The van der Waals surface area contributed by atoms with E-state index < -0.39 is 5.97 Å². The molecule has 4 heteroatoms. The minimum absolute atomic E-state index is 0.159. The van der Waals surface area contributed by atoms with Crippen LogP contribution < -0.4 is 5.73 Å². The Morgan fingerprint density at radius 1 is 1.54 bits per heavy atom. The van der Waals surface area contributed by atoms with Gasteiger partial charge in [0.2, 0.25) is 5.76 Å². The third-order valence-electron chi connectivity index (χ3n) is 2.33. The molecule has 1 aliphatic carbocycles. The van der Waals surface area contributed by atoms with Gasteiger partial charge in [-0.2, -0.15) is 0 Å². The Morgan fingerprint density at radius 2 is 2.31 bits per heavy atom. The van der Waals surface area contributed by atoms with Crippen molar-refractivity contribution in [2.75, 3.05) is 12.8 Å². The number of furan rings is 1. The first-order valence-corrected chi connectivity index (χ1v) is 4.22. The number of carbonyl (C=O) groups is 1. The number of fused-ring (bicyclic) bond motifs is 1. The molecule has 0 saturated carbocycles. The quantitative estimate of drug-likeness (QED) is 0.660. The van der Waals surface area contributed by atoms with E-state index in [1.807, 2.05) is 0 Å². The number of anilines is 1. The third-order valence-corrected chi connectivity index (χ3v) is 2.33. The van der Waals surface area contributed by atoms with Crippen LogP contribution in [0, 0.1) is 0 Å². The van der Waals surface area contributed by atoms with Crippen molar-refractivity contribution in [2.24, 2.45) is 0 Å². The summed E-state index contributed by atoms with van der Waals surface area (Å²) < 4.78 is 9.85. The van der Waals surface area contributed by atoms with Gasteiger partial charge in [-0.1, -0.05) is 0 Å². The standard InChI is InChI=1S/C9H11NO3/c1-12-9(11)8-7(10)5-3-2-4-6(5)13-8/h2-4,10H2,1H3. The average Bonchev–Trinajstić information content (AvgIpc) is 2.68. The van der Waals surface area contributed by atoms with Gasteiger partial charge >= 0.3 is 5.97 Å². The SMILES string of the molecule is COC(=O)c1oc2c(c1N)CCC2. The van der Waals surface area contributed by atoms with Crippen molar-refractivity contribution in [3.63, 3.8) is 0 Å². The molecule has 0 radical (unpaired) electrons. The Bertz CT molecular complexity index is 354. The van der Waals surface area contributed by atoms with E-state index in [4.69, 9.17) is 10.2 Å². The van der Waals surface area contributed by atoms with E-state index in [0.29, 0.717) is 5.69 Å². The fourth-order valence-corrected chi connectivity index (χ4v) is 1.67. The molecule has 13 heavy (non-hydrogen) atoms. The summed E-state index contributed by atoms with van der Waals surface area (Å²) in [6.45, 7) is 0. The van der Waals surface area contributed by atoms with Gasteiger partial charge in [-0.25, -0.2) is 4.79 Å². The van der Waals surface area contributed by atoms with Gasteiger partial charge in [0.25, 0.3) is 0 Å². The molecule has 1 aromatic heterocycles. The molecule has 4 nitrogen and oxygen atoms in total. The second-order valence-corrected chi connectivity index (χ2v) is 3.09. The molecule has 0 amide bonds. The van der Waals surface area contributed by atoms with Crippen molar-refractivity contribution in [3.8, 4) is 0 Å². The highest BCUT2D eigenvalue weighted by Gasteiger charge is 2.26. The molecular formula is C9H11NO3. The van der Waals surface area contributed by atoms with E-state index in [2.05, 4.69) is 4.74 Å². The van der Waals surface area contributed by atoms with Gasteiger partial charge in [0.05, 0.1) is 12.8 Å². The van der Waals surface area contributed by atoms with Crippen LogP contribution in [0.25, 0.3) is 0 Å². The summed E-state index contributed by atoms with van der Waals surface area (Å²) in [6.07, 6.45) is 2.83. The summed E-state index contributed by atoms with van der Waals surface area (Å²) in [5.74, 6) is 0.511. The normalized spacial score (nSPS) is 14.2. The van der Waals surface area contributed by atoms with Crippen LogP contribution in [0.3, 0.4) is 0 Å². The number of nitrogen functional groups attached to an aromatic ring is 1. The number of ether oxygens (including phenoxy) is 1. The zero-order valence-corrected chi connectivity index (χ0v) is 7.42. The first-order chi connectivity index (χ1) is 6.24. The lowest BCUT2D eigenvalue weighted by Gasteiger charge is -1.96. The van der Waals surface area contributed by atoms with Crippen molar-refractivity contribution in [2.45, 2.75) is 19.3 Å². The van der Waals surface area contributed by atoms with E-state index in [-0.39, 0.29) is 5.76 Å². The lowest BCUT2D eigenvalue weighted by atomic mass is 10.2. The Morgan fingerprint density at radius 3 is 2.92 bits per heavy atom. The van der Waals surface area contributed by atoms with Crippen LogP contribution >= 0.6 is 0 Å². The number of methoxy groups -OCH3 is 1. The number of aryl methyl sites for hydroxylation is 1. The third kappa shape index (κ3) is 1.09. The number of rotatable bonds is 1. The molecular weight excluding hydrogens is 170 g/mol. The number of hydrogen-bond acceptors (Lipinski definition) is 4. The Hall–Kier alpha value is -1.45. The van der Waals surface area contributed by atoms with Crippen molar-refractivity contribution in [1.29, 1.82) is 0 Å². The maximum absolute atomic E-state index is 11.1. The van der Waals surface area contributed by atoms with Crippen molar-refractivity contribution >= 4 is 11.7 Å². The molecule has 0 spiro atoms. The van der Waals surface area contributed by atoms with Crippen LogP contribution in [0.1, 0.15) is 28.3 Å². The molecule has 2 N–H and O–H groups in total. The van der Waals surface area contributed by atoms with Crippen LogP contribution in [0.2, 0.25) is 0 Å². The van der Waals surface area contributed by atoms with Crippen LogP contribution in [0.5, 0.6) is 0 Å². The molecule has 1 aliphatic rings. The van der Waals surface area contributed by atoms with Gasteiger partial charge in [-0.05, 0) is 12.8 Å². The Balaban J connectivity index is 2.44. The van der Waals surface area contributed by atoms with Gasteiger partial charge in [0.1, 0.15) is 5.76 Å². The number of nitrogens with two attached hydrogens (primary N) is 1. The molecule has 0 bridgehead atoms. The Kier molecular flexibility index (Phi) is 1.76. The zero-order valence-electron chi connectivity index (χ0n) is 7.42. The number of carbonyl (C=O) groups excluding carboxylic acids is 1. The van der Waals surface area contributed by atoms with E-state index in [1.165, 1.54) is 7.11 Å². The molecule has 0 saturated heterocycles. The molecule has 2 rings (SSSR count). The van der Waals surface area contributed by atoms with E-state index in [1.54, 1.807) is 0 Å². The fourth-order valence-electron chi connectivity index (χ4n) is 1.67. The van der Waals surface area contributed by atoms with Gasteiger partial charge in [-0.3, -0.25) is 0 Å². The summed E-state index contributed by atoms with van der Waals surface area (Å²) in [5.41, 5.74) is 7.18. The summed E-state index contributed by atoms with van der Waals surface area (Å²) >= 11 is 0. The topological polar surface area (TPSA) is 65.5 Å². The molecule has 0 aliphatic heterocycles. The highest BCUT2D eigenvalue weighted by Crippen LogP contribution is 2.32. The Labute approximate surface area is 75.7 Å². The highest BCUT2D eigenvalue weighted by atomic mass is 16.5. The van der Waals surface area contributed by atoms with Gasteiger partial charge in [-0.15, -0.1) is 0 Å². The fraction of sp³-hybridized carbons (Fsp3) is 0.444. The molecule has 0 atom stereocenters. The van der Waals surface area contributed by atoms with Crippen LogP contribution in [-0.4, -0.2) is 13.1 Å². The summed E-state index contributed by atoms with van der Waals surface area (Å²) in [7, 11) is 1.31. The van der Waals surface area contributed by atoms with Gasteiger partial charge in [0.15, 0.2) is 0 Å². The maximum Gasteiger partial charge on any atom is 0.376 e. The lowest BCUT2D eigenvalue weighted by Crippen LogP contribution is -2.03. The van der Waals surface area contributed by atoms with Gasteiger partial charge < -0.3 is 14.9 Å². The van der Waals surface area contributed by atoms with Crippen molar-refractivity contribution in [1.82, 2.24) is 0 Å². The molecule has 1 aromatic rings. The smallest absolute Gasteiger partial charge is 0.376 e. The molecule has 1 heterocycles. The van der Waals surface area contributed by atoms with E-state index in [0.717, 1.165) is 30.6 Å². The minimum atomic E-state index is -0.494. The van der Waals surface area contributed by atoms with Crippen molar-refractivity contribution in [3.05, 3.63) is 17.1 Å². The zero-order chi connectivity index (χ0) is 9.42. The predicted molar refractivity (Wildman–Crippen MR) is 46.5 cm³/mol. The van der Waals surface area contributed by atoms with E-state index in [9.17, 15) is 4.79 Å². The van der Waals surface area contributed by atoms with Crippen LogP contribution in [0.4, 0.5) is 5.69 Å². The first-order valence-electron chi connectivity index (χ1n) is 4.22. The summed E-state index contributed by atoms with van der Waals surface area (Å²) in [5, 5.41) is 0. The second kappa shape index (κ2) is 2.80. The first kappa shape index (κ1) is 8.16. The maximum atomic E-state index is 11.1. The molecule has 0 unspecified atom stereocenters.